The zero-order chi connectivity index (χ0) is 10.6. The third-order valence-corrected chi connectivity index (χ3v) is 2.76. The van der Waals surface area contributed by atoms with Crippen molar-refractivity contribution < 1.29 is 9.60 Å². The van der Waals surface area contributed by atoms with E-state index in [1.807, 2.05) is 0 Å². The number of hydrogen-bond donors (Lipinski definition) is 2. The Kier molecular flexibility index (Phi) is 3.76. The predicted octanol–water partition coefficient (Wildman–Crippen LogP) is 2.05. The van der Waals surface area contributed by atoms with E-state index in [0.29, 0.717) is 0 Å². The smallest absolute Gasteiger partial charge is 0.152 e. The number of halogens is 1. The number of amidine groups is 1. The summed E-state index contributed by atoms with van der Waals surface area (Å²) in [6.45, 7) is 1.78. The van der Waals surface area contributed by atoms with Crippen LogP contribution >= 0.6 is 11.8 Å². The molecule has 76 valence electrons. The van der Waals surface area contributed by atoms with Crippen LogP contribution in [0.4, 0.5) is 4.39 Å². The minimum Gasteiger partial charge on any atom is -0.409 e. The fraction of sp³-hybridized carbons (Fsp3) is 0.222. The Bertz CT molecular complexity index is 343. The number of nitrogens with zero attached hydrogens (tertiary/aromatic N) is 1. The van der Waals surface area contributed by atoms with Gasteiger partial charge >= 0.3 is 0 Å². The molecule has 3 nitrogen and oxygen atoms in total. The lowest BCUT2D eigenvalue weighted by molar-refractivity contribution is 0.317. The van der Waals surface area contributed by atoms with Crippen LogP contribution in [0.1, 0.15) is 6.92 Å². The first kappa shape index (κ1) is 10.8. The second-order valence-electron chi connectivity index (χ2n) is 2.74. The molecule has 0 aliphatic heterocycles. The van der Waals surface area contributed by atoms with Crippen LogP contribution in [0.15, 0.2) is 34.3 Å². The van der Waals surface area contributed by atoms with Gasteiger partial charge in [-0.3, -0.25) is 0 Å². The van der Waals surface area contributed by atoms with Gasteiger partial charge < -0.3 is 10.9 Å². The fourth-order valence-electron chi connectivity index (χ4n) is 0.886. The van der Waals surface area contributed by atoms with Crippen molar-refractivity contribution in [3.8, 4) is 0 Å². The van der Waals surface area contributed by atoms with Crippen LogP contribution in [0.25, 0.3) is 0 Å². The van der Waals surface area contributed by atoms with Crippen molar-refractivity contribution in [1.82, 2.24) is 0 Å². The number of rotatable bonds is 3. The molecule has 0 aliphatic rings. The van der Waals surface area contributed by atoms with Crippen LogP contribution in [0, 0.1) is 5.82 Å². The molecule has 0 saturated heterocycles. The maximum Gasteiger partial charge on any atom is 0.152 e. The Morgan fingerprint density at radius 3 is 2.93 bits per heavy atom. The van der Waals surface area contributed by atoms with E-state index >= 15 is 0 Å². The number of nitrogens with two attached hydrogens (primary N) is 1. The topological polar surface area (TPSA) is 58.6 Å². The van der Waals surface area contributed by atoms with Gasteiger partial charge in [0, 0.05) is 4.90 Å². The van der Waals surface area contributed by atoms with Crippen molar-refractivity contribution in [2.24, 2.45) is 10.9 Å². The van der Waals surface area contributed by atoms with E-state index in [2.05, 4.69) is 5.16 Å². The van der Waals surface area contributed by atoms with E-state index in [4.69, 9.17) is 10.9 Å². The Hall–Kier alpha value is -1.23. The van der Waals surface area contributed by atoms with Crippen LogP contribution in [0.2, 0.25) is 0 Å². The van der Waals surface area contributed by atoms with Crippen LogP contribution < -0.4 is 5.73 Å². The van der Waals surface area contributed by atoms with E-state index in [-0.39, 0.29) is 16.9 Å². The predicted molar refractivity (Wildman–Crippen MR) is 55.1 cm³/mol. The van der Waals surface area contributed by atoms with Gasteiger partial charge in [0.1, 0.15) is 5.82 Å². The van der Waals surface area contributed by atoms with E-state index < -0.39 is 0 Å². The molecule has 0 radical (unpaired) electrons. The molecule has 5 heteroatoms. The molecule has 14 heavy (non-hydrogen) atoms. The summed E-state index contributed by atoms with van der Waals surface area (Å²) in [5, 5.41) is 11.1. The van der Waals surface area contributed by atoms with Gasteiger partial charge in [-0.15, -0.1) is 11.8 Å². The summed E-state index contributed by atoms with van der Waals surface area (Å²) in [6, 6.07) is 6.18. The maximum atomic E-state index is 12.8. The summed E-state index contributed by atoms with van der Waals surface area (Å²) >= 11 is 1.33. The number of hydrogen-bond acceptors (Lipinski definition) is 3. The van der Waals surface area contributed by atoms with E-state index in [0.717, 1.165) is 4.90 Å². The molecule has 0 saturated carbocycles. The zero-order valence-corrected chi connectivity index (χ0v) is 8.46. The molecule has 1 aromatic carbocycles. The average Bonchev–Trinajstić information content (AvgIpc) is 2.16. The molecule has 0 heterocycles. The summed E-state index contributed by atoms with van der Waals surface area (Å²) in [6.07, 6.45) is 0. The summed E-state index contributed by atoms with van der Waals surface area (Å²) in [7, 11) is 0. The monoisotopic (exact) mass is 214 g/mol. The van der Waals surface area contributed by atoms with Gasteiger partial charge in [0.05, 0.1) is 5.25 Å². The molecule has 1 atom stereocenters. The lowest BCUT2D eigenvalue weighted by Crippen LogP contribution is -2.23. The zero-order valence-electron chi connectivity index (χ0n) is 7.64. The number of thioether (sulfide) groups is 1. The summed E-state index contributed by atoms with van der Waals surface area (Å²) < 4.78 is 12.8. The summed E-state index contributed by atoms with van der Waals surface area (Å²) in [5.41, 5.74) is 5.39. The molecule has 0 spiro atoms. The van der Waals surface area contributed by atoms with Gasteiger partial charge in [-0.05, 0) is 25.1 Å². The van der Waals surface area contributed by atoms with Crippen molar-refractivity contribution in [1.29, 1.82) is 0 Å². The Morgan fingerprint density at radius 2 is 2.36 bits per heavy atom. The maximum absolute atomic E-state index is 12.8. The largest absolute Gasteiger partial charge is 0.409 e. The Balaban J connectivity index is 2.69. The molecule has 1 rings (SSSR count). The molecule has 0 aromatic heterocycles. The minimum atomic E-state index is -0.290. The molecule has 1 unspecified atom stereocenters. The Labute approximate surface area is 85.8 Å². The molecule has 0 amide bonds. The van der Waals surface area contributed by atoms with Crippen LogP contribution in [0.3, 0.4) is 0 Å². The summed E-state index contributed by atoms with van der Waals surface area (Å²) in [4.78, 5) is 0.754. The minimum absolute atomic E-state index is 0.124. The van der Waals surface area contributed by atoms with Crippen molar-refractivity contribution >= 4 is 17.6 Å². The first-order valence-electron chi connectivity index (χ1n) is 4.03. The van der Waals surface area contributed by atoms with Gasteiger partial charge in [0.25, 0.3) is 0 Å². The Morgan fingerprint density at radius 1 is 1.64 bits per heavy atom. The second kappa shape index (κ2) is 4.85. The fourth-order valence-corrected chi connectivity index (χ4v) is 1.80. The first-order valence-corrected chi connectivity index (χ1v) is 4.91. The normalized spacial score (nSPS) is 14.0. The van der Waals surface area contributed by atoms with Gasteiger partial charge in [0.2, 0.25) is 0 Å². The highest BCUT2D eigenvalue weighted by molar-refractivity contribution is 8.00. The second-order valence-corrected chi connectivity index (χ2v) is 4.16. The molecular formula is C9H11FN2OS. The average molecular weight is 214 g/mol. The highest BCUT2D eigenvalue weighted by Crippen LogP contribution is 2.23. The third kappa shape index (κ3) is 2.92. The SMILES string of the molecule is CC(Sc1cccc(F)c1)C(N)=NO. The quantitative estimate of drug-likeness (QED) is 0.266. The lowest BCUT2D eigenvalue weighted by atomic mass is 10.3. The molecule has 0 aliphatic carbocycles. The van der Waals surface area contributed by atoms with Gasteiger partial charge in [0.15, 0.2) is 5.84 Å². The lowest BCUT2D eigenvalue weighted by Gasteiger charge is -2.08. The highest BCUT2D eigenvalue weighted by atomic mass is 32.2. The van der Waals surface area contributed by atoms with E-state index in [9.17, 15) is 4.39 Å². The van der Waals surface area contributed by atoms with E-state index in [1.165, 1.54) is 23.9 Å². The third-order valence-electron chi connectivity index (χ3n) is 1.64. The summed E-state index contributed by atoms with van der Waals surface area (Å²) in [5.74, 6) is -0.166. The van der Waals surface area contributed by atoms with Crippen LogP contribution in [-0.2, 0) is 0 Å². The van der Waals surface area contributed by atoms with Crippen molar-refractivity contribution in [2.75, 3.05) is 0 Å². The van der Waals surface area contributed by atoms with Gasteiger partial charge in [-0.25, -0.2) is 4.39 Å². The van der Waals surface area contributed by atoms with Gasteiger partial charge in [-0.2, -0.15) is 0 Å². The highest BCUT2D eigenvalue weighted by Gasteiger charge is 2.09. The van der Waals surface area contributed by atoms with E-state index in [1.54, 1.807) is 19.1 Å². The van der Waals surface area contributed by atoms with Crippen LogP contribution in [-0.4, -0.2) is 16.3 Å². The van der Waals surface area contributed by atoms with Crippen molar-refractivity contribution in [3.05, 3.63) is 30.1 Å². The number of oxime groups is 1. The molecule has 3 N–H and O–H groups in total. The van der Waals surface area contributed by atoms with Crippen molar-refractivity contribution in [3.63, 3.8) is 0 Å². The standard InChI is InChI=1S/C9H11FN2OS/c1-6(9(11)12-13)14-8-4-2-3-7(10)5-8/h2-6,13H,1H3,(H2,11,12). The van der Waals surface area contributed by atoms with Crippen molar-refractivity contribution in [2.45, 2.75) is 17.1 Å². The molecular weight excluding hydrogens is 203 g/mol. The number of benzene rings is 1. The molecule has 0 bridgehead atoms. The molecule has 1 aromatic rings. The van der Waals surface area contributed by atoms with Gasteiger partial charge in [-0.1, -0.05) is 11.2 Å². The van der Waals surface area contributed by atoms with Crippen LogP contribution in [0.5, 0.6) is 0 Å². The molecule has 0 fully saturated rings. The first-order chi connectivity index (χ1) is 6.63.